The molecule has 0 radical (unpaired) electrons. The van der Waals surface area contributed by atoms with Gasteiger partial charge in [-0.05, 0) is 42.9 Å². The van der Waals surface area contributed by atoms with E-state index in [2.05, 4.69) is 27.6 Å². The lowest BCUT2D eigenvalue weighted by atomic mass is 9.91. The molecule has 2 aliphatic rings. The van der Waals surface area contributed by atoms with Gasteiger partial charge < -0.3 is 15.4 Å². The Hall–Kier alpha value is -2.22. The predicted octanol–water partition coefficient (Wildman–Crippen LogP) is 2.07. The molecule has 6 nitrogen and oxygen atoms in total. The van der Waals surface area contributed by atoms with E-state index in [0.29, 0.717) is 0 Å². The van der Waals surface area contributed by atoms with Gasteiger partial charge in [0, 0.05) is 0 Å². The molecule has 1 heterocycles. The smallest absolute Gasteiger partial charge is 0.387 e. The lowest BCUT2D eigenvalue weighted by Crippen LogP contribution is -2.60. The second-order valence-electron chi connectivity index (χ2n) is 7.26. The van der Waals surface area contributed by atoms with Crippen molar-refractivity contribution < 1.29 is 23.1 Å². The molecule has 3 N–H and O–H groups in total. The van der Waals surface area contributed by atoms with E-state index in [-0.39, 0.29) is 41.6 Å². The number of alkyl halides is 2. The molecule has 26 heavy (non-hydrogen) atoms. The summed E-state index contributed by atoms with van der Waals surface area (Å²) in [4.78, 5) is 24.4. The topological polar surface area (TPSA) is 79.5 Å². The first-order valence-corrected chi connectivity index (χ1v) is 8.67. The first-order valence-electron chi connectivity index (χ1n) is 8.67. The van der Waals surface area contributed by atoms with Crippen LogP contribution < -0.4 is 20.7 Å². The molecule has 1 saturated carbocycles. The normalized spacial score (nSPS) is 25.3. The summed E-state index contributed by atoms with van der Waals surface area (Å²) in [6, 6.07) is 5.48. The quantitative estimate of drug-likeness (QED) is 0.719. The molecule has 8 heteroatoms. The second-order valence-corrected chi connectivity index (χ2v) is 7.26. The fraction of sp³-hybridized carbons (Fsp3) is 0.556. The molecule has 3 atom stereocenters. The van der Waals surface area contributed by atoms with E-state index in [0.717, 1.165) is 18.4 Å². The van der Waals surface area contributed by atoms with Crippen LogP contribution in [-0.2, 0) is 9.59 Å². The molecule has 3 rings (SSSR count). The average molecular weight is 367 g/mol. The highest BCUT2D eigenvalue weighted by Gasteiger charge is 2.47. The Bertz CT molecular complexity index is 677. The molecule has 1 saturated heterocycles. The van der Waals surface area contributed by atoms with Gasteiger partial charge in [-0.25, -0.2) is 0 Å². The van der Waals surface area contributed by atoms with Crippen molar-refractivity contribution in [2.24, 2.45) is 5.41 Å². The number of hydrogen-bond acceptors (Lipinski definition) is 4. The van der Waals surface area contributed by atoms with Gasteiger partial charge in [0.25, 0.3) is 0 Å². The summed E-state index contributed by atoms with van der Waals surface area (Å²) >= 11 is 0. The zero-order chi connectivity index (χ0) is 18.9. The lowest BCUT2D eigenvalue weighted by Gasteiger charge is -2.32. The molecule has 2 amide bonds. The van der Waals surface area contributed by atoms with Crippen LogP contribution in [0.25, 0.3) is 0 Å². The van der Waals surface area contributed by atoms with Crippen molar-refractivity contribution in [2.75, 3.05) is 0 Å². The molecule has 1 aliphatic heterocycles. The average Bonchev–Trinajstić information content (AvgIpc) is 3.30. The van der Waals surface area contributed by atoms with Gasteiger partial charge in [-0.2, -0.15) is 8.78 Å². The van der Waals surface area contributed by atoms with Crippen molar-refractivity contribution in [3.8, 4) is 5.75 Å². The van der Waals surface area contributed by atoms with E-state index < -0.39 is 12.7 Å². The predicted molar refractivity (Wildman–Crippen MR) is 90.4 cm³/mol. The SMILES string of the molecule is CC1NC(=O)CC(C(=O)N[C@@H](c2ccc(OC(F)F)cc2)C2(C)CC2)N1. The van der Waals surface area contributed by atoms with Crippen molar-refractivity contribution in [2.45, 2.75) is 58.0 Å². The Labute approximate surface area is 150 Å². The minimum absolute atomic E-state index is 0.0780. The Morgan fingerprint density at radius 1 is 1.31 bits per heavy atom. The summed E-state index contributed by atoms with van der Waals surface area (Å²) in [5.74, 6) is -0.328. The minimum atomic E-state index is -2.87. The van der Waals surface area contributed by atoms with Crippen LogP contribution in [0.3, 0.4) is 0 Å². The largest absolute Gasteiger partial charge is 0.435 e. The standard InChI is InChI=1S/C18H23F2N3O3/c1-10-21-13(9-14(24)22-10)16(25)23-15(18(2)7-8-18)11-3-5-12(6-4-11)26-17(19)20/h3-6,10,13,15,17,21H,7-9H2,1-2H3,(H,22,24)(H,23,25)/t10?,13?,15-/m0/s1. The van der Waals surface area contributed by atoms with Crippen LogP contribution in [0, 0.1) is 5.41 Å². The fourth-order valence-electron chi connectivity index (χ4n) is 3.29. The third-order valence-corrected chi connectivity index (χ3v) is 5.00. The highest BCUT2D eigenvalue weighted by molar-refractivity contribution is 5.89. The molecule has 2 fully saturated rings. The van der Waals surface area contributed by atoms with Crippen LogP contribution in [0.4, 0.5) is 8.78 Å². The molecule has 0 bridgehead atoms. The third kappa shape index (κ3) is 4.30. The maximum atomic E-state index is 12.7. The van der Waals surface area contributed by atoms with Crippen molar-refractivity contribution in [1.29, 1.82) is 0 Å². The molecule has 2 unspecified atom stereocenters. The summed E-state index contributed by atoms with van der Waals surface area (Å²) in [5, 5.41) is 8.80. The van der Waals surface area contributed by atoms with E-state index in [4.69, 9.17) is 0 Å². The van der Waals surface area contributed by atoms with Crippen LogP contribution in [0.2, 0.25) is 0 Å². The van der Waals surface area contributed by atoms with Crippen LogP contribution >= 0.6 is 0 Å². The van der Waals surface area contributed by atoms with Gasteiger partial charge in [-0.1, -0.05) is 19.1 Å². The van der Waals surface area contributed by atoms with Crippen LogP contribution in [0.1, 0.15) is 44.7 Å². The number of carbonyl (C=O) groups is 2. The Kier molecular flexibility index (Phi) is 5.13. The molecular weight excluding hydrogens is 344 g/mol. The van der Waals surface area contributed by atoms with Crippen molar-refractivity contribution in [3.05, 3.63) is 29.8 Å². The van der Waals surface area contributed by atoms with Crippen molar-refractivity contribution >= 4 is 11.8 Å². The van der Waals surface area contributed by atoms with E-state index in [1.807, 2.05) is 0 Å². The van der Waals surface area contributed by atoms with Gasteiger partial charge >= 0.3 is 6.61 Å². The molecule has 1 aliphatic carbocycles. The number of ether oxygens (including phenoxy) is 1. The lowest BCUT2D eigenvalue weighted by molar-refractivity contribution is -0.132. The number of benzene rings is 1. The number of halogens is 2. The summed E-state index contributed by atoms with van der Waals surface area (Å²) in [6.07, 6.45) is 1.73. The molecule has 142 valence electrons. The highest BCUT2D eigenvalue weighted by atomic mass is 19.3. The van der Waals surface area contributed by atoms with E-state index >= 15 is 0 Å². The Balaban J connectivity index is 1.73. The summed E-state index contributed by atoms with van der Waals surface area (Å²) in [6.45, 7) is 0.979. The minimum Gasteiger partial charge on any atom is -0.435 e. The van der Waals surface area contributed by atoms with Gasteiger partial charge in [0.2, 0.25) is 11.8 Å². The second kappa shape index (κ2) is 7.19. The zero-order valence-electron chi connectivity index (χ0n) is 14.7. The molecule has 0 spiro atoms. The number of hydrogen-bond donors (Lipinski definition) is 3. The first kappa shape index (κ1) is 18.6. The van der Waals surface area contributed by atoms with E-state index in [1.54, 1.807) is 19.1 Å². The third-order valence-electron chi connectivity index (χ3n) is 5.00. The molecule has 1 aromatic rings. The van der Waals surface area contributed by atoms with E-state index in [9.17, 15) is 18.4 Å². The van der Waals surface area contributed by atoms with Gasteiger partial charge in [-0.3, -0.25) is 14.9 Å². The summed E-state index contributed by atoms with van der Waals surface area (Å²) in [7, 11) is 0. The molecule has 0 aromatic heterocycles. The zero-order valence-corrected chi connectivity index (χ0v) is 14.7. The monoisotopic (exact) mass is 367 g/mol. The van der Waals surface area contributed by atoms with Gasteiger partial charge in [0.15, 0.2) is 0 Å². The van der Waals surface area contributed by atoms with Gasteiger partial charge in [0.05, 0.1) is 24.7 Å². The molecular formula is C18H23F2N3O3. The number of nitrogens with one attached hydrogen (secondary N) is 3. The molecule has 1 aromatic carbocycles. The summed E-state index contributed by atoms with van der Waals surface area (Å²) in [5.41, 5.74) is 0.747. The van der Waals surface area contributed by atoms with Gasteiger partial charge in [0.1, 0.15) is 5.75 Å². The van der Waals surface area contributed by atoms with Gasteiger partial charge in [-0.15, -0.1) is 0 Å². The highest BCUT2D eigenvalue weighted by Crippen LogP contribution is 2.54. The maximum Gasteiger partial charge on any atom is 0.387 e. The van der Waals surface area contributed by atoms with E-state index in [1.165, 1.54) is 12.1 Å². The number of amides is 2. The van der Waals surface area contributed by atoms with Crippen molar-refractivity contribution in [1.82, 2.24) is 16.0 Å². The maximum absolute atomic E-state index is 12.7. The Morgan fingerprint density at radius 2 is 1.96 bits per heavy atom. The first-order chi connectivity index (χ1) is 12.3. The number of rotatable bonds is 6. The van der Waals surface area contributed by atoms with Crippen LogP contribution in [0.15, 0.2) is 24.3 Å². The Morgan fingerprint density at radius 3 is 2.50 bits per heavy atom. The van der Waals surface area contributed by atoms with Crippen LogP contribution in [-0.4, -0.2) is 30.6 Å². The van der Waals surface area contributed by atoms with Crippen LogP contribution in [0.5, 0.6) is 5.75 Å². The number of carbonyl (C=O) groups excluding carboxylic acids is 2. The fourth-order valence-corrected chi connectivity index (χ4v) is 3.29. The summed E-state index contributed by atoms with van der Waals surface area (Å²) < 4.78 is 29.0. The van der Waals surface area contributed by atoms with Crippen molar-refractivity contribution in [3.63, 3.8) is 0 Å².